The van der Waals surface area contributed by atoms with E-state index in [-0.39, 0.29) is 5.78 Å². The number of aryl methyl sites for hydroxylation is 1. The van der Waals surface area contributed by atoms with Crippen LogP contribution in [0.15, 0.2) is 28.7 Å². The van der Waals surface area contributed by atoms with Crippen molar-refractivity contribution in [3.05, 3.63) is 35.6 Å². The summed E-state index contributed by atoms with van der Waals surface area (Å²) in [6.45, 7) is 2.02. The van der Waals surface area contributed by atoms with Crippen molar-refractivity contribution in [1.82, 2.24) is 0 Å². The standard InChI is InChI=1S/C13H13ClO2/c1-9-4-5-12-10(7-9)8-13(16-12)11(15)3-2-6-14/h4-5,7-8H,2-3,6H2,1H3. The lowest BCUT2D eigenvalue weighted by Gasteiger charge is -1.93. The van der Waals surface area contributed by atoms with Crippen molar-refractivity contribution in [2.24, 2.45) is 0 Å². The Labute approximate surface area is 99.2 Å². The van der Waals surface area contributed by atoms with Gasteiger partial charge in [-0.1, -0.05) is 11.6 Å². The largest absolute Gasteiger partial charge is 0.453 e. The molecule has 0 unspecified atom stereocenters. The number of benzene rings is 1. The molecule has 2 rings (SSSR count). The molecule has 0 atom stereocenters. The molecule has 0 radical (unpaired) electrons. The fourth-order valence-electron chi connectivity index (χ4n) is 1.65. The van der Waals surface area contributed by atoms with E-state index in [9.17, 15) is 4.79 Å². The number of Topliss-reactive ketones (excluding diaryl/α,β-unsaturated/α-hetero) is 1. The molecule has 2 aromatic rings. The first kappa shape index (κ1) is 11.2. The fourth-order valence-corrected chi connectivity index (χ4v) is 1.78. The van der Waals surface area contributed by atoms with Crippen LogP contribution in [0.1, 0.15) is 29.0 Å². The third-order valence-electron chi connectivity index (χ3n) is 2.48. The maximum atomic E-state index is 11.7. The molecule has 0 amide bonds. The van der Waals surface area contributed by atoms with Gasteiger partial charge in [0.2, 0.25) is 0 Å². The van der Waals surface area contributed by atoms with E-state index >= 15 is 0 Å². The summed E-state index contributed by atoms with van der Waals surface area (Å²) in [4.78, 5) is 11.7. The van der Waals surface area contributed by atoms with Gasteiger partial charge in [0.25, 0.3) is 0 Å². The number of rotatable bonds is 4. The second kappa shape index (κ2) is 4.71. The molecule has 0 aliphatic heterocycles. The summed E-state index contributed by atoms with van der Waals surface area (Å²) in [6.07, 6.45) is 1.14. The van der Waals surface area contributed by atoms with Crippen LogP contribution in [0.25, 0.3) is 11.0 Å². The number of furan rings is 1. The van der Waals surface area contributed by atoms with Gasteiger partial charge in [-0.15, -0.1) is 11.6 Å². The van der Waals surface area contributed by atoms with Crippen molar-refractivity contribution < 1.29 is 9.21 Å². The molecule has 0 saturated carbocycles. The van der Waals surface area contributed by atoms with Crippen LogP contribution in [-0.4, -0.2) is 11.7 Å². The summed E-state index contributed by atoms with van der Waals surface area (Å²) in [6, 6.07) is 7.68. The van der Waals surface area contributed by atoms with Gasteiger partial charge in [-0.2, -0.15) is 0 Å². The first-order valence-corrected chi connectivity index (χ1v) is 5.83. The van der Waals surface area contributed by atoms with E-state index in [0.717, 1.165) is 16.5 Å². The zero-order valence-corrected chi connectivity index (χ0v) is 9.88. The molecule has 0 bridgehead atoms. The van der Waals surface area contributed by atoms with Crippen molar-refractivity contribution >= 4 is 28.4 Å². The molecule has 0 aliphatic carbocycles. The normalized spacial score (nSPS) is 10.9. The molecule has 84 valence electrons. The lowest BCUT2D eigenvalue weighted by molar-refractivity contribution is 0.0957. The van der Waals surface area contributed by atoms with Gasteiger partial charge in [0, 0.05) is 17.7 Å². The van der Waals surface area contributed by atoms with Gasteiger partial charge in [-0.25, -0.2) is 0 Å². The average Bonchev–Trinajstić information content (AvgIpc) is 2.68. The molecule has 2 nitrogen and oxygen atoms in total. The summed E-state index contributed by atoms with van der Waals surface area (Å²) in [7, 11) is 0. The van der Waals surface area contributed by atoms with E-state index in [0.29, 0.717) is 24.5 Å². The molecular weight excluding hydrogens is 224 g/mol. The van der Waals surface area contributed by atoms with Crippen LogP contribution in [0.2, 0.25) is 0 Å². The first-order valence-electron chi connectivity index (χ1n) is 5.30. The number of alkyl halides is 1. The molecule has 1 heterocycles. The van der Waals surface area contributed by atoms with Gasteiger partial charge < -0.3 is 4.42 Å². The number of ketones is 1. The van der Waals surface area contributed by atoms with Crippen LogP contribution in [0, 0.1) is 6.92 Å². The highest BCUT2D eigenvalue weighted by Gasteiger charge is 2.11. The second-order valence-electron chi connectivity index (χ2n) is 3.87. The molecule has 0 spiro atoms. The van der Waals surface area contributed by atoms with Gasteiger partial charge >= 0.3 is 0 Å². The maximum Gasteiger partial charge on any atom is 0.198 e. The topological polar surface area (TPSA) is 30.2 Å². The Morgan fingerprint density at radius 1 is 1.38 bits per heavy atom. The van der Waals surface area contributed by atoms with Gasteiger partial charge in [-0.3, -0.25) is 4.79 Å². The minimum atomic E-state index is 0.0227. The number of carbonyl (C=O) groups excluding carboxylic acids is 1. The number of fused-ring (bicyclic) bond motifs is 1. The molecule has 0 fully saturated rings. The minimum absolute atomic E-state index is 0.0227. The minimum Gasteiger partial charge on any atom is -0.453 e. The first-order chi connectivity index (χ1) is 7.70. The van der Waals surface area contributed by atoms with Crippen molar-refractivity contribution in [3.8, 4) is 0 Å². The summed E-state index contributed by atoms with van der Waals surface area (Å²) in [5, 5.41) is 0.981. The Hall–Kier alpha value is -1.28. The van der Waals surface area contributed by atoms with Crippen LogP contribution in [0.5, 0.6) is 0 Å². The van der Waals surface area contributed by atoms with E-state index < -0.39 is 0 Å². The van der Waals surface area contributed by atoms with Gasteiger partial charge in [0.1, 0.15) is 5.58 Å². The summed E-state index contributed by atoms with van der Waals surface area (Å²) < 4.78 is 5.49. The highest BCUT2D eigenvalue weighted by molar-refractivity contribution is 6.18. The lowest BCUT2D eigenvalue weighted by atomic mass is 10.1. The van der Waals surface area contributed by atoms with E-state index in [1.54, 1.807) is 6.07 Å². The van der Waals surface area contributed by atoms with Crippen LogP contribution in [0.3, 0.4) is 0 Å². The number of hydrogen-bond donors (Lipinski definition) is 0. The second-order valence-corrected chi connectivity index (χ2v) is 4.25. The molecule has 0 saturated heterocycles. The number of hydrogen-bond acceptors (Lipinski definition) is 2. The number of carbonyl (C=O) groups is 1. The van der Waals surface area contributed by atoms with Crippen LogP contribution < -0.4 is 0 Å². The molecule has 0 N–H and O–H groups in total. The summed E-state index contributed by atoms with van der Waals surface area (Å²) >= 11 is 5.55. The van der Waals surface area contributed by atoms with Crippen molar-refractivity contribution in [2.45, 2.75) is 19.8 Å². The molecule has 1 aromatic carbocycles. The van der Waals surface area contributed by atoms with Gasteiger partial charge in [-0.05, 0) is 31.5 Å². The highest BCUT2D eigenvalue weighted by atomic mass is 35.5. The maximum absolute atomic E-state index is 11.7. The van der Waals surface area contributed by atoms with Crippen molar-refractivity contribution in [2.75, 3.05) is 5.88 Å². The number of halogens is 1. The third-order valence-corrected chi connectivity index (χ3v) is 2.75. The van der Waals surface area contributed by atoms with Crippen molar-refractivity contribution in [3.63, 3.8) is 0 Å². The zero-order valence-electron chi connectivity index (χ0n) is 9.13. The van der Waals surface area contributed by atoms with E-state index in [1.165, 1.54) is 0 Å². The summed E-state index contributed by atoms with van der Waals surface area (Å²) in [5.74, 6) is 0.964. The fraction of sp³-hybridized carbons (Fsp3) is 0.308. The molecule has 0 aliphatic rings. The van der Waals surface area contributed by atoms with Crippen molar-refractivity contribution in [1.29, 1.82) is 0 Å². The Bertz CT molecular complexity index is 514. The monoisotopic (exact) mass is 236 g/mol. The van der Waals surface area contributed by atoms with Gasteiger partial charge in [0.15, 0.2) is 11.5 Å². The van der Waals surface area contributed by atoms with Crippen LogP contribution in [-0.2, 0) is 0 Å². The third kappa shape index (κ3) is 2.27. The van der Waals surface area contributed by atoms with Crippen LogP contribution in [0.4, 0.5) is 0 Å². The Morgan fingerprint density at radius 2 is 2.19 bits per heavy atom. The Balaban J connectivity index is 2.28. The molecule has 3 heteroatoms. The smallest absolute Gasteiger partial charge is 0.198 e. The van der Waals surface area contributed by atoms with E-state index in [2.05, 4.69) is 0 Å². The average molecular weight is 237 g/mol. The highest BCUT2D eigenvalue weighted by Crippen LogP contribution is 2.21. The quantitative estimate of drug-likeness (QED) is 0.595. The Kier molecular flexibility index (Phi) is 3.30. The zero-order chi connectivity index (χ0) is 11.5. The van der Waals surface area contributed by atoms with Crippen LogP contribution >= 0.6 is 11.6 Å². The molecule has 1 aromatic heterocycles. The lowest BCUT2D eigenvalue weighted by Crippen LogP contribution is -1.96. The predicted molar refractivity (Wildman–Crippen MR) is 65.2 cm³/mol. The molecule has 16 heavy (non-hydrogen) atoms. The predicted octanol–water partition coefficient (Wildman–Crippen LogP) is 3.94. The van der Waals surface area contributed by atoms with Gasteiger partial charge in [0.05, 0.1) is 0 Å². The van der Waals surface area contributed by atoms with E-state index in [4.69, 9.17) is 16.0 Å². The summed E-state index contributed by atoms with van der Waals surface area (Å²) in [5.41, 5.74) is 1.92. The Morgan fingerprint density at radius 3 is 2.94 bits per heavy atom. The molecular formula is C13H13ClO2. The SMILES string of the molecule is Cc1ccc2oc(C(=O)CCCCl)cc2c1. The van der Waals surface area contributed by atoms with E-state index in [1.807, 2.05) is 25.1 Å².